The van der Waals surface area contributed by atoms with E-state index in [1.807, 2.05) is 6.07 Å². The second-order valence-corrected chi connectivity index (χ2v) is 5.47. The molecule has 0 spiro atoms. The van der Waals surface area contributed by atoms with Crippen LogP contribution in [0.5, 0.6) is 5.75 Å². The average molecular weight is 348 g/mol. The first-order valence-corrected chi connectivity index (χ1v) is 7.11. The molecule has 0 bridgehead atoms. The lowest BCUT2D eigenvalue weighted by molar-refractivity contribution is -0.137. The van der Waals surface area contributed by atoms with Crippen LogP contribution in [-0.4, -0.2) is 0 Å². The van der Waals surface area contributed by atoms with E-state index in [0.717, 1.165) is 12.1 Å². The van der Waals surface area contributed by atoms with E-state index in [1.165, 1.54) is 25.1 Å². The largest absolute Gasteiger partial charge is 0.440 e. The van der Waals surface area contributed by atoms with Crippen molar-refractivity contribution in [1.82, 2.24) is 0 Å². The molecular formula is C17H11F3N2O3. The number of nitriles is 1. The van der Waals surface area contributed by atoms with Crippen LogP contribution >= 0.6 is 0 Å². The van der Waals surface area contributed by atoms with Gasteiger partial charge in [-0.25, -0.2) is 4.79 Å². The van der Waals surface area contributed by atoms with Gasteiger partial charge < -0.3 is 14.9 Å². The van der Waals surface area contributed by atoms with Crippen LogP contribution in [0.25, 0.3) is 0 Å². The lowest BCUT2D eigenvalue weighted by Crippen LogP contribution is -2.26. The van der Waals surface area contributed by atoms with Crippen LogP contribution in [0, 0.1) is 18.3 Å². The van der Waals surface area contributed by atoms with Gasteiger partial charge >= 0.3 is 11.8 Å². The van der Waals surface area contributed by atoms with Crippen LogP contribution in [0.1, 0.15) is 28.4 Å². The second-order valence-electron chi connectivity index (χ2n) is 5.47. The number of aryl methyl sites for hydroxylation is 1. The van der Waals surface area contributed by atoms with E-state index in [1.54, 1.807) is 0 Å². The van der Waals surface area contributed by atoms with E-state index in [-0.39, 0.29) is 34.1 Å². The molecule has 0 amide bonds. The first-order chi connectivity index (χ1) is 11.7. The predicted octanol–water partition coefficient (Wildman–Crippen LogP) is 3.19. The number of halogens is 3. The van der Waals surface area contributed by atoms with Gasteiger partial charge in [-0.3, -0.25) is 0 Å². The number of nitrogens with zero attached hydrogens (tertiary/aromatic N) is 1. The summed E-state index contributed by atoms with van der Waals surface area (Å²) in [7, 11) is 0. The highest BCUT2D eigenvalue weighted by molar-refractivity contribution is 5.55. The molecule has 2 N–H and O–H groups in total. The summed E-state index contributed by atoms with van der Waals surface area (Å²) < 4.78 is 49.4. The van der Waals surface area contributed by atoms with Crippen molar-refractivity contribution in [3.05, 3.63) is 74.7 Å². The molecule has 0 aliphatic carbocycles. The molecule has 0 radical (unpaired) electrons. The van der Waals surface area contributed by atoms with Crippen LogP contribution < -0.4 is 16.1 Å². The summed E-state index contributed by atoms with van der Waals surface area (Å²) in [5.74, 6) is -1.05. The molecule has 2 aromatic rings. The Labute approximate surface area is 139 Å². The van der Waals surface area contributed by atoms with Gasteiger partial charge in [-0.15, -0.1) is 0 Å². The van der Waals surface area contributed by atoms with Crippen LogP contribution in [0.2, 0.25) is 0 Å². The highest BCUT2D eigenvalue weighted by Crippen LogP contribution is 2.41. The van der Waals surface area contributed by atoms with E-state index >= 15 is 0 Å². The minimum atomic E-state index is -4.57. The number of nitrogens with two attached hydrogens (primary N) is 1. The first-order valence-electron chi connectivity index (χ1n) is 7.11. The molecule has 0 saturated heterocycles. The lowest BCUT2D eigenvalue weighted by atomic mass is 9.84. The van der Waals surface area contributed by atoms with Crippen LogP contribution in [0.4, 0.5) is 13.2 Å². The normalized spacial score (nSPS) is 16.8. The van der Waals surface area contributed by atoms with E-state index in [2.05, 4.69) is 0 Å². The van der Waals surface area contributed by atoms with Crippen LogP contribution in [0.3, 0.4) is 0 Å². The molecule has 1 aromatic heterocycles. The maximum atomic E-state index is 13.0. The summed E-state index contributed by atoms with van der Waals surface area (Å²) in [5.41, 5.74) is 3.93. The fourth-order valence-corrected chi connectivity index (χ4v) is 2.75. The van der Waals surface area contributed by atoms with Gasteiger partial charge in [-0.1, -0.05) is 18.2 Å². The Morgan fingerprint density at radius 2 is 2.00 bits per heavy atom. The SMILES string of the molecule is Cc1cc2c(c(=O)o1)C(c1cccc(C(F)(F)F)c1)C(C#N)=C(N)O2. The Hall–Kier alpha value is -3.21. The van der Waals surface area contributed by atoms with Gasteiger partial charge in [0, 0.05) is 6.07 Å². The van der Waals surface area contributed by atoms with Crippen molar-refractivity contribution < 1.29 is 22.3 Å². The number of allylic oxidation sites excluding steroid dienone is 1. The van der Waals surface area contributed by atoms with Gasteiger partial charge in [0.15, 0.2) is 0 Å². The Morgan fingerprint density at radius 3 is 2.64 bits per heavy atom. The van der Waals surface area contributed by atoms with Crippen molar-refractivity contribution in [1.29, 1.82) is 5.26 Å². The Bertz CT molecular complexity index is 984. The summed E-state index contributed by atoms with van der Waals surface area (Å²) in [4.78, 5) is 12.3. The molecule has 0 fully saturated rings. The summed E-state index contributed by atoms with van der Waals surface area (Å²) in [5, 5.41) is 9.37. The van der Waals surface area contributed by atoms with E-state index in [9.17, 15) is 23.2 Å². The molecule has 8 heteroatoms. The van der Waals surface area contributed by atoms with Crippen molar-refractivity contribution in [2.75, 3.05) is 0 Å². The van der Waals surface area contributed by atoms with Gasteiger partial charge in [0.1, 0.15) is 23.2 Å². The Balaban J connectivity index is 2.28. The van der Waals surface area contributed by atoms with Gasteiger partial charge in [-0.05, 0) is 18.6 Å². The maximum absolute atomic E-state index is 13.0. The highest BCUT2D eigenvalue weighted by atomic mass is 19.4. The third-order valence-electron chi connectivity index (χ3n) is 3.80. The number of fused-ring (bicyclic) bond motifs is 1. The minimum absolute atomic E-state index is 0.0596. The zero-order valence-corrected chi connectivity index (χ0v) is 12.8. The smallest absolute Gasteiger partial charge is 0.416 e. The van der Waals surface area contributed by atoms with Crippen molar-refractivity contribution in [3.8, 4) is 11.8 Å². The first kappa shape index (κ1) is 16.6. The third-order valence-corrected chi connectivity index (χ3v) is 3.80. The summed E-state index contributed by atoms with van der Waals surface area (Å²) >= 11 is 0. The number of ether oxygens (including phenoxy) is 1. The fraction of sp³-hybridized carbons (Fsp3) is 0.176. The van der Waals surface area contributed by atoms with Crippen molar-refractivity contribution in [3.63, 3.8) is 0 Å². The summed E-state index contributed by atoms with van der Waals surface area (Å²) in [6.07, 6.45) is -4.57. The predicted molar refractivity (Wildman–Crippen MR) is 80.5 cm³/mol. The molecule has 128 valence electrons. The van der Waals surface area contributed by atoms with Gasteiger partial charge in [0.2, 0.25) is 5.88 Å². The molecule has 25 heavy (non-hydrogen) atoms. The third kappa shape index (κ3) is 2.85. The molecule has 1 unspecified atom stereocenters. The molecular weight excluding hydrogens is 337 g/mol. The van der Waals surface area contributed by atoms with Crippen LogP contribution in [-0.2, 0) is 6.18 Å². The fourth-order valence-electron chi connectivity index (χ4n) is 2.75. The van der Waals surface area contributed by atoms with Gasteiger partial charge in [0.05, 0.1) is 17.0 Å². The average Bonchev–Trinajstić information content (AvgIpc) is 2.52. The van der Waals surface area contributed by atoms with E-state index in [0.29, 0.717) is 0 Å². The molecule has 1 aromatic carbocycles. The molecule has 3 rings (SSSR count). The van der Waals surface area contributed by atoms with Crippen LogP contribution in [0.15, 0.2) is 51.0 Å². The number of alkyl halides is 3. The molecule has 1 aliphatic heterocycles. The number of hydrogen-bond donors (Lipinski definition) is 1. The molecule has 2 heterocycles. The van der Waals surface area contributed by atoms with E-state index in [4.69, 9.17) is 14.9 Å². The van der Waals surface area contributed by atoms with Crippen molar-refractivity contribution in [2.24, 2.45) is 5.73 Å². The topological polar surface area (TPSA) is 89.2 Å². The highest BCUT2D eigenvalue weighted by Gasteiger charge is 2.36. The Kier molecular flexibility index (Phi) is 3.80. The molecule has 0 saturated carbocycles. The number of hydrogen-bond acceptors (Lipinski definition) is 5. The lowest BCUT2D eigenvalue weighted by Gasteiger charge is -2.25. The standard InChI is InChI=1S/C17H11F3N2O3/c1-8-5-12-14(16(23)24-8)13(11(7-21)15(22)25-12)9-3-2-4-10(6-9)17(18,19)20/h2-6,13H,22H2,1H3. The second kappa shape index (κ2) is 5.70. The Morgan fingerprint density at radius 1 is 1.28 bits per heavy atom. The molecule has 5 nitrogen and oxygen atoms in total. The quantitative estimate of drug-likeness (QED) is 0.855. The summed E-state index contributed by atoms with van der Waals surface area (Å²) in [6, 6.07) is 7.58. The van der Waals surface area contributed by atoms with Crippen molar-refractivity contribution >= 4 is 0 Å². The minimum Gasteiger partial charge on any atom is -0.440 e. The van der Waals surface area contributed by atoms with E-state index < -0.39 is 23.3 Å². The number of benzene rings is 1. The molecule has 1 aliphatic rings. The summed E-state index contributed by atoms with van der Waals surface area (Å²) in [6.45, 7) is 1.52. The monoisotopic (exact) mass is 348 g/mol. The van der Waals surface area contributed by atoms with Gasteiger partial charge in [0.25, 0.3) is 0 Å². The maximum Gasteiger partial charge on any atom is 0.416 e. The zero-order valence-electron chi connectivity index (χ0n) is 12.8. The van der Waals surface area contributed by atoms with Crippen molar-refractivity contribution in [2.45, 2.75) is 19.0 Å². The number of rotatable bonds is 1. The zero-order chi connectivity index (χ0) is 18.4. The molecule has 1 atom stereocenters. The van der Waals surface area contributed by atoms with Gasteiger partial charge in [-0.2, -0.15) is 18.4 Å².